The summed E-state index contributed by atoms with van der Waals surface area (Å²) in [4.78, 5) is 12.7. The molecule has 1 saturated carbocycles. The van der Waals surface area contributed by atoms with Gasteiger partial charge in [0, 0.05) is 25.1 Å². The Morgan fingerprint density at radius 3 is 2.68 bits per heavy atom. The van der Waals surface area contributed by atoms with Crippen LogP contribution in [0.5, 0.6) is 0 Å². The number of nitrogens with one attached hydrogen (secondary N) is 1. The van der Waals surface area contributed by atoms with E-state index in [0.29, 0.717) is 6.54 Å². The molecular weight excluding hydrogens is 312 g/mol. The van der Waals surface area contributed by atoms with Crippen molar-refractivity contribution in [1.29, 1.82) is 0 Å². The fraction of sp³-hybridized carbons (Fsp3) is 0.550. The molecular formula is C20H26N4O. The first-order chi connectivity index (χ1) is 12.0. The summed E-state index contributed by atoms with van der Waals surface area (Å²) in [5, 5.41) is 11.9. The first kappa shape index (κ1) is 16.3. The molecule has 1 amide bonds. The molecule has 1 N–H and O–H groups in total. The first-order valence-electron chi connectivity index (χ1n) is 9.30. The van der Waals surface area contributed by atoms with Crippen molar-refractivity contribution >= 4 is 5.91 Å². The summed E-state index contributed by atoms with van der Waals surface area (Å²) < 4.78 is 2.12. The van der Waals surface area contributed by atoms with E-state index in [4.69, 9.17) is 0 Å². The second-order valence-electron chi connectivity index (χ2n) is 8.13. The number of nitrogens with zero attached hydrogens (tertiary/aromatic N) is 3. The van der Waals surface area contributed by atoms with E-state index < -0.39 is 0 Å². The number of aryl methyl sites for hydroxylation is 1. The number of carbonyl (C=O) groups is 1. The smallest absolute Gasteiger partial charge is 0.224 e. The topological polar surface area (TPSA) is 59.8 Å². The number of aromatic nitrogens is 3. The number of benzene rings is 1. The van der Waals surface area contributed by atoms with Gasteiger partial charge in [0.15, 0.2) is 5.82 Å². The van der Waals surface area contributed by atoms with Gasteiger partial charge < -0.3 is 9.88 Å². The van der Waals surface area contributed by atoms with Crippen molar-refractivity contribution in [2.24, 2.45) is 17.3 Å². The molecule has 0 saturated heterocycles. The summed E-state index contributed by atoms with van der Waals surface area (Å²) in [5.74, 6) is 2.80. The van der Waals surface area contributed by atoms with Crippen LogP contribution in [-0.4, -0.2) is 27.2 Å². The van der Waals surface area contributed by atoms with Gasteiger partial charge in [0.25, 0.3) is 0 Å². The van der Waals surface area contributed by atoms with Crippen LogP contribution in [0.4, 0.5) is 0 Å². The monoisotopic (exact) mass is 338 g/mol. The molecule has 1 aromatic heterocycles. The summed E-state index contributed by atoms with van der Waals surface area (Å²) in [5.41, 5.74) is 1.26. The van der Waals surface area contributed by atoms with E-state index in [0.717, 1.165) is 42.5 Å². The molecule has 1 aliphatic carbocycles. The van der Waals surface area contributed by atoms with Gasteiger partial charge in [-0.2, -0.15) is 0 Å². The molecule has 1 fully saturated rings. The highest BCUT2D eigenvalue weighted by Gasteiger charge is 2.38. The Bertz CT molecular complexity index is 761. The van der Waals surface area contributed by atoms with Crippen LogP contribution in [0, 0.1) is 17.3 Å². The molecule has 2 heterocycles. The molecule has 0 radical (unpaired) electrons. The van der Waals surface area contributed by atoms with Crippen molar-refractivity contribution in [3.63, 3.8) is 0 Å². The number of rotatable bonds is 5. The molecule has 4 rings (SSSR count). The number of carbonyl (C=O) groups excluding carboxylic acids is 1. The lowest BCUT2D eigenvalue weighted by Gasteiger charge is -2.28. The molecule has 1 unspecified atom stereocenters. The summed E-state index contributed by atoms with van der Waals surface area (Å²) in [6.07, 6.45) is 4.26. The molecule has 1 atom stereocenters. The molecule has 1 aliphatic heterocycles. The van der Waals surface area contributed by atoms with Crippen LogP contribution in [0.1, 0.15) is 38.9 Å². The van der Waals surface area contributed by atoms with E-state index >= 15 is 0 Å². The average Bonchev–Trinajstić information content (AvgIpc) is 3.41. The molecule has 2 aromatic rings. The Morgan fingerprint density at radius 2 is 1.96 bits per heavy atom. The van der Waals surface area contributed by atoms with Crippen LogP contribution in [0.15, 0.2) is 30.3 Å². The van der Waals surface area contributed by atoms with Crippen LogP contribution in [0.25, 0.3) is 11.4 Å². The van der Waals surface area contributed by atoms with E-state index in [1.165, 1.54) is 12.8 Å². The van der Waals surface area contributed by atoms with Gasteiger partial charge in [-0.1, -0.05) is 44.2 Å². The molecule has 0 spiro atoms. The van der Waals surface area contributed by atoms with Crippen molar-refractivity contribution in [2.45, 2.75) is 46.1 Å². The Kier molecular flexibility index (Phi) is 4.10. The molecule has 1 aromatic carbocycles. The van der Waals surface area contributed by atoms with Crippen molar-refractivity contribution < 1.29 is 4.79 Å². The third-order valence-electron chi connectivity index (χ3n) is 5.75. The SMILES string of the molecule is CC(C)(CNC(=O)C1CCc2nnc(-c3ccccc3)n2C1)C1CC1. The van der Waals surface area contributed by atoms with Gasteiger partial charge in [0.1, 0.15) is 5.82 Å². The van der Waals surface area contributed by atoms with Crippen LogP contribution >= 0.6 is 0 Å². The normalized spacial score (nSPS) is 20.2. The average molecular weight is 338 g/mol. The fourth-order valence-electron chi connectivity index (χ4n) is 3.81. The van der Waals surface area contributed by atoms with Gasteiger partial charge in [0.2, 0.25) is 5.91 Å². The standard InChI is InChI=1S/C20H26N4O/c1-20(2,16-9-10-16)13-21-19(25)15-8-11-17-22-23-18(24(17)12-15)14-6-4-3-5-7-14/h3-7,15-16H,8-13H2,1-2H3,(H,21,25). The Labute approximate surface area is 148 Å². The quantitative estimate of drug-likeness (QED) is 0.911. The van der Waals surface area contributed by atoms with E-state index in [9.17, 15) is 4.79 Å². The van der Waals surface area contributed by atoms with Gasteiger partial charge in [-0.25, -0.2) is 0 Å². The Hall–Kier alpha value is -2.17. The minimum Gasteiger partial charge on any atom is -0.355 e. The highest BCUT2D eigenvalue weighted by molar-refractivity contribution is 5.79. The Balaban J connectivity index is 1.45. The lowest BCUT2D eigenvalue weighted by molar-refractivity contribution is -0.126. The summed E-state index contributed by atoms with van der Waals surface area (Å²) >= 11 is 0. The maximum absolute atomic E-state index is 12.7. The van der Waals surface area contributed by atoms with Gasteiger partial charge in [-0.3, -0.25) is 4.79 Å². The summed E-state index contributed by atoms with van der Waals surface area (Å²) in [7, 11) is 0. The van der Waals surface area contributed by atoms with E-state index in [1.807, 2.05) is 30.3 Å². The molecule has 5 nitrogen and oxygen atoms in total. The minimum atomic E-state index is 0.000894. The predicted molar refractivity (Wildman–Crippen MR) is 96.8 cm³/mol. The van der Waals surface area contributed by atoms with Crippen LogP contribution in [0.3, 0.4) is 0 Å². The van der Waals surface area contributed by atoms with Crippen molar-refractivity contribution in [3.05, 3.63) is 36.2 Å². The number of fused-ring (bicyclic) bond motifs is 1. The lowest BCUT2D eigenvalue weighted by atomic mass is 9.87. The maximum atomic E-state index is 12.7. The van der Waals surface area contributed by atoms with Crippen LogP contribution in [-0.2, 0) is 17.8 Å². The van der Waals surface area contributed by atoms with E-state index in [1.54, 1.807) is 0 Å². The zero-order chi connectivity index (χ0) is 17.4. The molecule has 25 heavy (non-hydrogen) atoms. The molecule has 5 heteroatoms. The largest absolute Gasteiger partial charge is 0.355 e. The second-order valence-corrected chi connectivity index (χ2v) is 8.13. The number of amides is 1. The van der Waals surface area contributed by atoms with Crippen LogP contribution in [0.2, 0.25) is 0 Å². The third-order valence-corrected chi connectivity index (χ3v) is 5.75. The fourth-order valence-corrected chi connectivity index (χ4v) is 3.81. The summed E-state index contributed by atoms with van der Waals surface area (Å²) in [6.45, 7) is 5.96. The van der Waals surface area contributed by atoms with Gasteiger partial charge in [-0.15, -0.1) is 10.2 Å². The lowest BCUT2D eigenvalue weighted by Crippen LogP contribution is -2.41. The maximum Gasteiger partial charge on any atom is 0.224 e. The van der Waals surface area contributed by atoms with Crippen LogP contribution < -0.4 is 5.32 Å². The molecule has 132 valence electrons. The first-order valence-corrected chi connectivity index (χ1v) is 9.30. The second kappa shape index (κ2) is 6.28. The van der Waals surface area contributed by atoms with Gasteiger partial charge >= 0.3 is 0 Å². The van der Waals surface area contributed by atoms with Gasteiger partial charge in [-0.05, 0) is 30.6 Å². The van der Waals surface area contributed by atoms with E-state index in [-0.39, 0.29) is 17.2 Å². The van der Waals surface area contributed by atoms with Crippen molar-refractivity contribution in [3.8, 4) is 11.4 Å². The van der Waals surface area contributed by atoms with Gasteiger partial charge in [0.05, 0.1) is 5.92 Å². The molecule has 0 bridgehead atoms. The zero-order valence-electron chi connectivity index (χ0n) is 15.0. The highest BCUT2D eigenvalue weighted by Crippen LogP contribution is 2.44. The number of hydrogen-bond donors (Lipinski definition) is 1. The molecule has 2 aliphatic rings. The minimum absolute atomic E-state index is 0.000894. The number of hydrogen-bond acceptors (Lipinski definition) is 3. The predicted octanol–water partition coefficient (Wildman–Crippen LogP) is 3.06. The van der Waals surface area contributed by atoms with E-state index in [2.05, 4.69) is 33.9 Å². The van der Waals surface area contributed by atoms with Crippen molar-refractivity contribution in [2.75, 3.05) is 6.54 Å². The van der Waals surface area contributed by atoms with Crippen molar-refractivity contribution in [1.82, 2.24) is 20.1 Å². The highest BCUT2D eigenvalue weighted by atomic mass is 16.1. The third kappa shape index (κ3) is 3.32. The summed E-state index contributed by atoms with van der Waals surface area (Å²) in [6, 6.07) is 10.1. The zero-order valence-corrected chi connectivity index (χ0v) is 15.0. The Morgan fingerprint density at radius 1 is 1.20 bits per heavy atom.